The van der Waals surface area contributed by atoms with Crippen LogP contribution in [0.4, 0.5) is 0 Å². The Morgan fingerprint density at radius 1 is 1.56 bits per heavy atom. The van der Waals surface area contributed by atoms with Crippen molar-refractivity contribution in [2.45, 2.75) is 24.9 Å². The van der Waals surface area contributed by atoms with E-state index in [1.165, 1.54) is 7.11 Å². The summed E-state index contributed by atoms with van der Waals surface area (Å²) in [5.41, 5.74) is -0.234. The lowest BCUT2D eigenvalue weighted by molar-refractivity contribution is -0.0300. The Kier molecular flexibility index (Phi) is 3.92. The molecular weight excluding hydrogens is 298 g/mol. The fraction of sp³-hybridized carbons (Fsp3) is 0.462. The van der Waals surface area contributed by atoms with Gasteiger partial charge in [-0.25, -0.2) is 0 Å². The molecule has 18 heavy (non-hydrogen) atoms. The van der Waals surface area contributed by atoms with E-state index in [0.717, 1.165) is 23.7 Å². The first-order chi connectivity index (χ1) is 8.54. The second kappa shape index (κ2) is 5.28. The van der Waals surface area contributed by atoms with Crippen molar-refractivity contribution >= 4 is 21.8 Å². The van der Waals surface area contributed by atoms with Crippen molar-refractivity contribution in [3.8, 4) is 5.75 Å². The number of hydrogen-bond acceptors (Lipinski definition) is 3. The highest BCUT2D eigenvalue weighted by molar-refractivity contribution is 9.10. The minimum absolute atomic E-state index is 0.223. The molecule has 0 unspecified atom stereocenters. The van der Waals surface area contributed by atoms with Gasteiger partial charge in [0.15, 0.2) is 0 Å². The minimum Gasteiger partial charge on any atom is -0.496 e. The van der Waals surface area contributed by atoms with Crippen LogP contribution in [0.3, 0.4) is 0 Å². The van der Waals surface area contributed by atoms with Crippen LogP contribution in [-0.2, 0) is 0 Å². The molecule has 1 fully saturated rings. The number of halogens is 1. The van der Waals surface area contributed by atoms with Gasteiger partial charge in [-0.15, -0.1) is 0 Å². The molecule has 1 aliphatic rings. The number of aliphatic hydroxyl groups is 1. The van der Waals surface area contributed by atoms with E-state index < -0.39 is 5.60 Å². The largest absolute Gasteiger partial charge is 0.496 e. The number of amides is 1. The smallest absolute Gasteiger partial charge is 0.255 e. The zero-order valence-corrected chi connectivity index (χ0v) is 11.8. The van der Waals surface area contributed by atoms with Gasteiger partial charge in [0.25, 0.3) is 5.91 Å². The first kappa shape index (κ1) is 13.4. The normalized spacial score (nSPS) is 16.8. The van der Waals surface area contributed by atoms with Gasteiger partial charge in [-0.3, -0.25) is 4.79 Å². The molecule has 2 N–H and O–H groups in total. The van der Waals surface area contributed by atoms with Gasteiger partial charge in [0, 0.05) is 11.0 Å². The van der Waals surface area contributed by atoms with Crippen LogP contribution in [0, 0.1) is 0 Å². The summed E-state index contributed by atoms with van der Waals surface area (Å²) in [6.07, 6.45) is 2.53. The number of rotatable bonds is 4. The van der Waals surface area contributed by atoms with Crippen molar-refractivity contribution in [3.63, 3.8) is 0 Å². The van der Waals surface area contributed by atoms with E-state index in [2.05, 4.69) is 21.2 Å². The molecule has 2 rings (SSSR count). The second-order valence-corrected chi connectivity index (χ2v) is 5.52. The number of methoxy groups -OCH3 is 1. The topological polar surface area (TPSA) is 58.6 Å². The molecular formula is C13H16BrNO3. The molecule has 4 nitrogen and oxygen atoms in total. The molecule has 1 saturated carbocycles. The second-order valence-electron chi connectivity index (χ2n) is 4.61. The fourth-order valence-corrected chi connectivity index (χ4v) is 2.29. The van der Waals surface area contributed by atoms with Gasteiger partial charge in [-0.1, -0.05) is 15.9 Å². The van der Waals surface area contributed by atoms with E-state index in [1.54, 1.807) is 18.2 Å². The fourth-order valence-electron chi connectivity index (χ4n) is 1.95. The Bertz CT molecular complexity index is 458. The van der Waals surface area contributed by atoms with Crippen LogP contribution in [-0.4, -0.2) is 30.3 Å². The maximum atomic E-state index is 12.0. The minimum atomic E-state index is -0.710. The van der Waals surface area contributed by atoms with Crippen molar-refractivity contribution in [2.75, 3.05) is 13.7 Å². The molecule has 0 aromatic heterocycles. The van der Waals surface area contributed by atoms with Crippen molar-refractivity contribution in [1.29, 1.82) is 0 Å². The third kappa shape index (κ3) is 2.84. The molecule has 1 aliphatic carbocycles. The molecule has 1 aromatic carbocycles. The van der Waals surface area contributed by atoms with E-state index in [0.29, 0.717) is 17.9 Å². The number of ether oxygens (including phenoxy) is 1. The van der Waals surface area contributed by atoms with E-state index in [-0.39, 0.29) is 5.91 Å². The molecule has 0 bridgehead atoms. The molecule has 0 heterocycles. The quantitative estimate of drug-likeness (QED) is 0.895. The van der Waals surface area contributed by atoms with E-state index in [4.69, 9.17) is 4.74 Å². The number of hydrogen-bond donors (Lipinski definition) is 2. The maximum absolute atomic E-state index is 12.0. The molecule has 0 radical (unpaired) electrons. The van der Waals surface area contributed by atoms with Crippen LogP contribution >= 0.6 is 15.9 Å². The predicted octanol–water partition coefficient (Wildman–Crippen LogP) is 2.10. The van der Waals surface area contributed by atoms with Crippen molar-refractivity contribution in [1.82, 2.24) is 5.32 Å². The highest BCUT2D eigenvalue weighted by atomic mass is 79.9. The first-order valence-electron chi connectivity index (χ1n) is 5.88. The SMILES string of the molecule is COc1cc(Br)ccc1C(=O)NCC1(O)CCC1. The summed E-state index contributed by atoms with van der Waals surface area (Å²) >= 11 is 3.33. The molecule has 5 heteroatoms. The van der Waals surface area contributed by atoms with Crippen LogP contribution in [0.5, 0.6) is 5.75 Å². The number of carbonyl (C=O) groups is 1. The number of carbonyl (C=O) groups excluding carboxylic acids is 1. The third-order valence-electron chi connectivity index (χ3n) is 3.27. The van der Waals surface area contributed by atoms with Gasteiger partial charge >= 0.3 is 0 Å². The summed E-state index contributed by atoms with van der Waals surface area (Å²) in [4.78, 5) is 12.0. The van der Waals surface area contributed by atoms with Crippen molar-refractivity contribution < 1.29 is 14.6 Å². The third-order valence-corrected chi connectivity index (χ3v) is 3.76. The van der Waals surface area contributed by atoms with Gasteiger partial charge in [0.2, 0.25) is 0 Å². The molecule has 98 valence electrons. The average Bonchev–Trinajstić information content (AvgIpc) is 2.33. The van der Waals surface area contributed by atoms with E-state index in [1.807, 2.05) is 0 Å². The van der Waals surface area contributed by atoms with Crippen LogP contribution in [0.15, 0.2) is 22.7 Å². The van der Waals surface area contributed by atoms with E-state index in [9.17, 15) is 9.90 Å². The lowest BCUT2D eigenvalue weighted by atomic mass is 9.80. The molecule has 0 saturated heterocycles. The van der Waals surface area contributed by atoms with Gasteiger partial charge in [0.1, 0.15) is 5.75 Å². The average molecular weight is 314 g/mol. The Morgan fingerprint density at radius 3 is 2.83 bits per heavy atom. The summed E-state index contributed by atoms with van der Waals surface area (Å²) in [5, 5.41) is 12.7. The Labute approximate surface area is 114 Å². The number of nitrogens with one attached hydrogen (secondary N) is 1. The summed E-state index contributed by atoms with van der Waals surface area (Å²) in [6.45, 7) is 0.297. The van der Waals surface area contributed by atoms with Crippen LogP contribution in [0.2, 0.25) is 0 Å². The van der Waals surface area contributed by atoms with Gasteiger partial charge in [0.05, 0.1) is 18.3 Å². The van der Waals surface area contributed by atoms with Gasteiger partial charge < -0.3 is 15.2 Å². The Hall–Kier alpha value is -1.07. The maximum Gasteiger partial charge on any atom is 0.255 e. The molecule has 1 aromatic rings. The Morgan fingerprint density at radius 2 is 2.28 bits per heavy atom. The van der Waals surface area contributed by atoms with Crippen molar-refractivity contribution in [3.05, 3.63) is 28.2 Å². The summed E-state index contributed by atoms with van der Waals surface area (Å²) < 4.78 is 6.02. The lowest BCUT2D eigenvalue weighted by Crippen LogP contribution is -2.47. The molecule has 0 spiro atoms. The van der Waals surface area contributed by atoms with Crippen molar-refractivity contribution in [2.24, 2.45) is 0 Å². The molecule has 1 amide bonds. The summed E-state index contributed by atoms with van der Waals surface area (Å²) in [7, 11) is 1.53. The highest BCUT2D eigenvalue weighted by Gasteiger charge is 2.34. The zero-order valence-electron chi connectivity index (χ0n) is 10.2. The highest BCUT2D eigenvalue weighted by Crippen LogP contribution is 2.31. The summed E-state index contributed by atoms with van der Waals surface area (Å²) in [6, 6.07) is 5.23. The van der Waals surface area contributed by atoms with Gasteiger partial charge in [-0.05, 0) is 37.5 Å². The monoisotopic (exact) mass is 313 g/mol. The number of benzene rings is 1. The van der Waals surface area contributed by atoms with E-state index >= 15 is 0 Å². The zero-order chi connectivity index (χ0) is 13.2. The standard InChI is InChI=1S/C13H16BrNO3/c1-18-11-7-9(14)3-4-10(11)12(16)15-8-13(17)5-2-6-13/h3-4,7,17H,2,5-6,8H2,1H3,(H,15,16). The molecule has 0 aliphatic heterocycles. The Balaban J connectivity index is 2.04. The first-order valence-corrected chi connectivity index (χ1v) is 6.67. The van der Waals surface area contributed by atoms with Crippen LogP contribution in [0.1, 0.15) is 29.6 Å². The van der Waals surface area contributed by atoms with Crippen LogP contribution in [0.25, 0.3) is 0 Å². The summed E-state index contributed by atoms with van der Waals surface area (Å²) in [5.74, 6) is 0.294. The van der Waals surface area contributed by atoms with Gasteiger partial charge in [-0.2, -0.15) is 0 Å². The lowest BCUT2D eigenvalue weighted by Gasteiger charge is -2.36. The molecule has 0 atom stereocenters. The predicted molar refractivity (Wildman–Crippen MR) is 71.8 cm³/mol. The van der Waals surface area contributed by atoms with Crippen LogP contribution < -0.4 is 10.1 Å².